The number of hydrogen-bond donors (Lipinski definition) is 2. The number of nitrogens with one attached hydrogen (secondary N) is 1. The fourth-order valence-electron chi connectivity index (χ4n) is 4.49. The molecule has 2 aromatic rings. The molecule has 1 unspecified atom stereocenters. The molecule has 1 atom stereocenters. The van der Waals surface area contributed by atoms with E-state index < -0.39 is 0 Å². The lowest BCUT2D eigenvalue weighted by Crippen LogP contribution is -2.22. The van der Waals surface area contributed by atoms with E-state index in [0.29, 0.717) is 13.0 Å². The maximum Gasteiger partial charge on any atom is 0.163 e. The third-order valence-electron chi connectivity index (χ3n) is 5.97. The second-order valence-electron chi connectivity index (χ2n) is 7.84. The number of likely N-dealkylation sites (tertiary alicyclic amines) is 1. The summed E-state index contributed by atoms with van der Waals surface area (Å²) < 4.78 is 11.7. The minimum atomic E-state index is -0.293. The number of methoxy groups -OCH3 is 1. The summed E-state index contributed by atoms with van der Waals surface area (Å²) in [4.78, 5) is 7.31. The molecule has 4 rings (SSSR count). The molecule has 1 fully saturated rings. The monoisotopic (exact) mass is 385 g/mol. The van der Waals surface area contributed by atoms with Crippen LogP contribution in [0.5, 0.6) is 11.5 Å². The van der Waals surface area contributed by atoms with Crippen LogP contribution in [-0.2, 0) is 12.8 Å². The van der Waals surface area contributed by atoms with Crippen LogP contribution in [0.4, 0.5) is 5.82 Å². The number of aromatic nitrogens is 1. The van der Waals surface area contributed by atoms with Crippen LogP contribution in [0, 0.1) is 0 Å². The van der Waals surface area contributed by atoms with Crippen LogP contribution in [-0.4, -0.2) is 61.5 Å². The van der Waals surface area contributed by atoms with Gasteiger partial charge >= 0.3 is 0 Å². The fourth-order valence-corrected chi connectivity index (χ4v) is 4.49. The molecule has 0 saturated carbocycles. The zero-order valence-corrected chi connectivity index (χ0v) is 17.0. The Balaban J connectivity index is 1.58. The normalized spacial score (nSPS) is 19.6. The van der Waals surface area contributed by atoms with E-state index in [4.69, 9.17) is 14.5 Å². The van der Waals surface area contributed by atoms with E-state index in [9.17, 15) is 5.11 Å². The Bertz CT molecular complexity index is 834. The van der Waals surface area contributed by atoms with Crippen molar-refractivity contribution < 1.29 is 14.6 Å². The second-order valence-corrected chi connectivity index (χ2v) is 7.84. The Morgan fingerprint density at radius 3 is 2.79 bits per heavy atom. The molecule has 0 radical (unpaired) electrons. The first-order valence-electron chi connectivity index (χ1n) is 10.4. The zero-order valence-electron chi connectivity index (χ0n) is 17.0. The van der Waals surface area contributed by atoms with Crippen LogP contribution in [0.2, 0.25) is 0 Å². The molecular weight excluding hydrogens is 354 g/mol. The number of nitrogens with zero attached hydrogens (tertiary/aromatic N) is 2. The lowest BCUT2D eigenvalue weighted by atomic mass is 9.87. The topological polar surface area (TPSA) is 66.9 Å². The van der Waals surface area contributed by atoms with E-state index in [2.05, 4.69) is 10.2 Å². The maximum absolute atomic E-state index is 10.1. The zero-order chi connectivity index (χ0) is 19.5. The summed E-state index contributed by atoms with van der Waals surface area (Å²) in [5, 5.41) is 14.4. The number of aliphatic hydroxyl groups is 1. The number of benzene rings is 1. The lowest BCUT2D eigenvalue weighted by Gasteiger charge is -2.25. The van der Waals surface area contributed by atoms with Gasteiger partial charge in [0.1, 0.15) is 5.82 Å². The smallest absolute Gasteiger partial charge is 0.163 e. The Labute approximate surface area is 166 Å². The van der Waals surface area contributed by atoms with Crippen molar-refractivity contribution in [2.24, 2.45) is 0 Å². The average molecular weight is 386 g/mol. The summed E-state index contributed by atoms with van der Waals surface area (Å²) in [6.07, 6.45) is 5.64. The molecule has 0 amide bonds. The highest BCUT2D eigenvalue weighted by Crippen LogP contribution is 2.38. The summed E-state index contributed by atoms with van der Waals surface area (Å²) >= 11 is 0. The van der Waals surface area contributed by atoms with Crippen molar-refractivity contribution in [3.63, 3.8) is 0 Å². The Kier molecular flexibility index (Phi) is 5.87. The van der Waals surface area contributed by atoms with Gasteiger partial charge in [-0.3, -0.25) is 0 Å². The van der Waals surface area contributed by atoms with Crippen molar-refractivity contribution >= 4 is 16.7 Å². The van der Waals surface area contributed by atoms with Gasteiger partial charge < -0.3 is 24.8 Å². The molecule has 0 bridgehead atoms. The number of hydrogen-bond acceptors (Lipinski definition) is 6. The van der Waals surface area contributed by atoms with Gasteiger partial charge in [-0.1, -0.05) is 0 Å². The quantitative estimate of drug-likeness (QED) is 0.715. The van der Waals surface area contributed by atoms with Crippen LogP contribution in [0.15, 0.2) is 12.1 Å². The standard InChI is InChI=1S/C22H31N3O3/c1-23-22-18-12-15(26)6-7-16(18)17-13-20(27-2)21(14-19(17)24-22)28-11-5-10-25-8-3-4-9-25/h13-15,26H,3-12H2,1-2H3,(H,23,24). The highest BCUT2D eigenvalue weighted by molar-refractivity contribution is 5.89. The Morgan fingerprint density at radius 2 is 2.04 bits per heavy atom. The molecule has 1 aromatic carbocycles. The van der Waals surface area contributed by atoms with Crippen molar-refractivity contribution in [3.8, 4) is 11.5 Å². The first-order chi connectivity index (χ1) is 13.7. The van der Waals surface area contributed by atoms with E-state index in [1.54, 1.807) is 7.11 Å². The van der Waals surface area contributed by atoms with Crippen LogP contribution < -0.4 is 14.8 Å². The van der Waals surface area contributed by atoms with E-state index >= 15 is 0 Å². The summed E-state index contributed by atoms with van der Waals surface area (Å²) in [5.41, 5.74) is 3.29. The second kappa shape index (κ2) is 8.53. The predicted octanol–water partition coefficient (Wildman–Crippen LogP) is 3.00. The number of rotatable bonds is 7. The number of fused-ring (bicyclic) bond motifs is 3. The van der Waals surface area contributed by atoms with Gasteiger partial charge in [-0.05, 0) is 56.8 Å². The highest BCUT2D eigenvalue weighted by Gasteiger charge is 2.24. The molecule has 2 N–H and O–H groups in total. The fraction of sp³-hybridized carbons (Fsp3) is 0.591. The molecule has 6 heteroatoms. The van der Waals surface area contributed by atoms with E-state index in [-0.39, 0.29) is 6.10 Å². The van der Waals surface area contributed by atoms with Crippen LogP contribution in [0.3, 0.4) is 0 Å². The third kappa shape index (κ3) is 3.89. The van der Waals surface area contributed by atoms with Crippen molar-refractivity contribution in [1.82, 2.24) is 9.88 Å². The molecule has 152 valence electrons. The molecule has 1 saturated heterocycles. The van der Waals surface area contributed by atoms with Gasteiger partial charge in [-0.15, -0.1) is 0 Å². The largest absolute Gasteiger partial charge is 0.493 e. The third-order valence-corrected chi connectivity index (χ3v) is 5.97. The number of anilines is 1. The number of ether oxygens (including phenoxy) is 2. The molecule has 28 heavy (non-hydrogen) atoms. The van der Waals surface area contributed by atoms with Crippen molar-refractivity contribution in [2.45, 2.75) is 44.6 Å². The average Bonchev–Trinajstić information content (AvgIpc) is 3.23. The SMILES string of the molecule is CNc1nc2cc(OCCCN3CCCC3)c(OC)cc2c2c1CC(O)CC2. The van der Waals surface area contributed by atoms with Crippen LogP contribution in [0.1, 0.15) is 36.8 Å². The van der Waals surface area contributed by atoms with Gasteiger partial charge in [0, 0.05) is 37.0 Å². The molecule has 1 aromatic heterocycles. The minimum absolute atomic E-state index is 0.293. The van der Waals surface area contributed by atoms with Gasteiger partial charge in [-0.25, -0.2) is 4.98 Å². The van der Waals surface area contributed by atoms with E-state index in [1.165, 1.54) is 31.5 Å². The number of aryl methyl sites for hydroxylation is 1. The summed E-state index contributed by atoms with van der Waals surface area (Å²) in [6.45, 7) is 4.20. The molecule has 0 spiro atoms. The Morgan fingerprint density at radius 1 is 1.21 bits per heavy atom. The molecule has 6 nitrogen and oxygen atoms in total. The summed E-state index contributed by atoms with van der Waals surface area (Å²) in [6, 6.07) is 4.05. The van der Waals surface area contributed by atoms with Crippen molar-refractivity contribution in [3.05, 3.63) is 23.3 Å². The van der Waals surface area contributed by atoms with Gasteiger partial charge in [-0.2, -0.15) is 0 Å². The van der Waals surface area contributed by atoms with Gasteiger partial charge in [0.25, 0.3) is 0 Å². The van der Waals surface area contributed by atoms with E-state index in [0.717, 1.165) is 59.6 Å². The van der Waals surface area contributed by atoms with Crippen molar-refractivity contribution in [1.29, 1.82) is 0 Å². The van der Waals surface area contributed by atoms with Gasteiger partial charge in [0.15, 0.2) is 11.5 Å². The van der Waals surface area contributed by atoms with Crippen LogP contribution >= 0.6 is 0 Å². The number of pyridine rings is 1. The van der Waals surface area contributed by atoms with Gasteiger partial charge in [0.05, 0.1) is 25.3 Å². The summed E-state index contributed by atoms with van der Waals surface area (Å²) in [5.74, 6) is 2.36. The van der Waals surface area contributed by atoms with Gasteiger partial charge in [0.2, 0.25) is 0 Å². The van der Waals surface area contributed by atoms with Crippen molar-refractivity contribution in [2.75, 3.05) is 45.7 Å². The molecular formula is C22H31N3O3. The lowest BCUT2D eigenvalue weighted by molar-refractivity contribution is 0.159. The molecule has 1 aliphatic carbocycles. The predicted molar refractivity (Wildman–Crippen MR) is 112 cm³/mol. The molecule has 2 aliphatic rings. The maximum atomic E-state index is 10.1. The number of aliphatic hydroxyl groups excluding tert-OH is 1. The Hall–Kier alpha value is -2.05. The van der Waals surface area contributed by atoms with Crippen LogP contribution in [0.25, 0.3) is 10.9 Å². The van der Waals surface area contributed by atoms with E-state index in [1.807, 2.05) is 19.2 Å². The molecule has 1 aliphatic heterocycles. The summed E-state index contributed by atoms with van der Waals surface area (Å²) in [7, 11) is 3.57. The first kappa shape index (κ1) is 19.3. The highest BCUT2D eigenvalue weighted by atomic mass is 16.5. The molecule has 2 heterocycles. The minimum Gasteiger partial charge on any atom is -0.493 e. The first-order valence-corrected chi connectivity index (χ1v) is 10.4.